The molecule has 6 nitrogen and oxygen atoms in total. The Kier molecular flexibility index (Phi) is 4.36. The van der Waals surface area contributed by atoms with E-state index in [0.717, 1.165) is 0 Å². The molecule has 0 aliphatic carbocycles. The molecule has 0 spiro atoms. The molecule has 104 valence electrons. The van der Waals surface area contributed by atoms with Crippen molar-refractivity contribution in [1.29, 1.82) is 0 Å². The Balaban J connectivity index is 3.02. The van der Waals surface area contributed by atoms with Crippen molar-refractivity contribution >= 4 is 29.1 Å². The van der Waals surface area contributed by atoms with E-state index < -0.39 is 16.6 Å². The number of ether oxygens (including phenoxy) is 1. The van der Waals surface area contributed by atoms with Crippen molar-refractivity contribution < 1.29 is 14.5 Å². The van der Waals surface area contributed by atoms with Crippen LogP contribution in [0.1, 0.15) is 26.3 Å². The first-order valence-electron chi connectivity index (χ1n) is 5.54. The fourth-order valence-corrected chi connectivity index (χ4v) is 1.61. The van der Waals surface area contributed by atoms with Crippen molar-refractivity contribution in [3.63, 3.8) is 0 Å². The molecule has 7 heteroatoms. The van der Waals surface area contributed by atoms with Gasteiger partial charge in [0.05, 0.1) is 16.2 Å². The van der Waals surface area contributed by atoms with E-state index in [-0.39, 0.29) is 16.4 Å². The number of anilines is 1. The molecule has 0 radical (unpaired) electrons. The summed E-state index contributed by atoms with van der Waals surface area (Å²) < 4.78 is 5.07. The topological polar surface area (TPSA) is 81.5 Å². The largest absolute Gasteiger partial charge is 0.444 e. The van der Waals surface area contributed by atoms with E-state index in [0.29, 0.717) is 5.56 Å². The van der Waals surface area contributed by atoms with Gasteiger partial charge in [-0.25, -0.2) is 4.79 Å². The Labute approximate surface area is 115 Å². The van der Waals surface area contributed by atoms with Gasteiger partial charge in [-0.15, -0.1) is 0 Å². The van der Waals surface area contributed by atoms with Crippen molar-refractivity contribution in [3.8, 4) is 0 Å². The van der Waals surface area contributed by atoms with Gasteiger partial charge in [-0.05, 0) is 33.8 Å². The highest BCUT2D eigenvalue weighted by atomic mass is 35.5. The zero-order valence-electron chi connectivity index (χ0n) is 11.1. The fourth-order valence-electron chi connectivity index (χ4n) is 1.40. The first-order chi connectivity index (χ1) is 8.60. The monoisotopic (exact) mass is 286 g/mol. The standard InChI is InChI=1S/C12H15ClN2O4/c1-7-9(14-11(16)19-12(2,3)4)5-8(13)6-10(7)15(17)18/h5-6H,1-4H3,(H,14,16). The van der Waals surface area contributed by atoms with Crippen molar-refractivity contribution in [2.75, 3.05) is 5.32 Å². The lowest BCUT2D eigenvalue weighted by atomic mass is 10.1. The number of nitro groups is 1. The van der Waals surface area contributed by atoms with Crippen LogP contribution < -0.4 is 5.32 Å². The summed E-state index contributed by atoms with van der Waals surface area (Å²) in [7, 11) is 0. The van der Waals surface area contributed by atoms with E-state index in [2.05, 4.69) is 5.32 Å². The molecule has 0 saturated heterocycles. The van der Waals surface area contributed by atoms with E-state index in [4.69, 9.17) is 16.3 Å². The van der Waals surface area contributed by atoms with Gasteiger partial charge in [0.15, 0.2) is 0 Å². The zero-order chi connectivity index (χ0) is 14.8. The molecule has 1 amide bonds. The minimum absolute atomic E-state index is 0.154. The predicted molar refractivity (Wildman–Crippen MR) is 72.7 cm³/mol. The smallest absolute Gasteiger partial charge is 0.412 e. The van der Waals surface area contributed by atoms with Gasteiger partial charge >= 0.3 is 6.09 Å². The molecule has 0 saturated carbocycles. The number of hydrogen-bond acceptors (Lipinski definition) is 4. The van der Waals surface area contributed by atoms with Gasteiger partial charge in [0.2, 0.25) is 0 Å². The molecule has 1 N–H and O–H groups in total. The molecule has 1 rings (SSSR count). The number of halogens is 1. The van der Waals surface area contributed by atoms with E-state index in [1.807, 2.05) is 0 Å². The number of nitrogens with one attached hydrogen (secondary N) is 1. The number of nitrogens with zero attached hydrogens (tertiary/aromatic N) is 1. The number of amides is 1. The second kappa shape index (κ2) is 5.44. The third kappa shape index (κ3) is 4.40. The van der Waals surface area contributed by atoms with Crippen LogP contribution in [0, 0.1) is 17.0 Å². The average molecular weight is 287 g/mol. The number of nitro benzene ring substituents is 1. The maximum atomic E-state index is 11.6. The van der Waals surface area contributed by atoms with Crippen LogP contribution in [0.3, 0.4) is 0 Å². The summed E-state index contributed by atoms with van der Waals surface area (Å²) >= 11 is 5.79. The van der Waals surface area contributed by atoms with Crippen LogP contribution in [0.25, 0.3) is 0 Å². The minimum atomic E-state index is -0.688. The number of hydrogen-bond donors (Lipinski definition) is 1. The highest BCUT2D eigenvalue weighted by molar-refractivity contribution is 6.31. The summed E-state index contributed by atoms with van der Waals surface area (Å²) in [4.78, 5) is 21.9. The Morgan fingerprint density at radius 3 is 2.47 bits per heavy atom. The summed E-state index contributed by atoms with van der Waals surface area (Å²) in [5, 5.41) is 13.5. The number of rotatable bonds is 2. The van der Waals surface area contributed by atoms with E-state index >= 15 is 0 Å². The molecular formula is C12H15ClN2O4. The summed E-state index contributed by atoms with van der Waals surface area (Å²) in [6.07, 6.45) is -0.688. The van der Waals surface area contributed by atoms with E-state index in [1.54, 1.807) is 20.8 Å². The number of carbonyl (C=O) groups is 1. The quantitative estimate of drug-likeness (QED) is 0.660. The van der Waals surface area contributed by atoms with Gasteiger partial charge in [-0.2, -0.15) is 0 Å². The molecular weight excluding hydrogens is 272 g/mol. The molecule has 0 aliphatic heterocycles. The van der Waals surface area contributed by atoms with Crippen molar-refractivity contribution in [2.45, 2.75) is 33.3 Å². The van der Waals surface area contributed by atoms with Crippen molar-refractivity contribution in [2.24, 2.45) is 0 Å². The van der Waals surface area contributed by atoms with Gasteiger partial charge in [-0.1, -0.05) is 11.6 Å². The third-order valence-electron chi connectivity index (χ3n) is 2.18. The van der Waals surface area contributed by atoms with Gasteiger partial charge in [0.25, 0.3) is 5.69 Å². The van der Waals surface area contributed by atoms with E-state index in [9.17, 15) is 14.9 Å². The normalized spacial score (nSPS) is 11.0. The number of carbonyl (C=O) groups excluding carboxylic acids is 1. The van der Waals surface area contributed by atoms with Gasteiger partial charge in [0, 0.05) is 11.1 Å². The van der Waals surface area contributed by atoms with E-state index in [1.165, 1.54) is 19.1 Å². The maximum Gasteiger partial charge on any atom is 0.412 e. The second-order valence-corrected chi connectivity index (χ2v) is 5.42. The van der Waals surface area contributed by atoms with Crippen LogP contribution in [0.15, 0.2) is 12.1 Å². The molecule has 0 aromatic heterocycles. The molecule has 1 aromatic rings. The second-order valence-electron chi connectivity index (χ2n) is 4.98. The van der Waals surface area contributed by atoms with Crippen LogP contribution in [0.2, 0.25) is 5.02 Å². The summed E-state index contributed by atoms with van der Waals surface area (Å²) in [5.74, 6) is 0. The lowest BCUT2D eigenvalue weighted by Crippen LogP contribution is -2.27. The summed E-state index contributed by atoms with van der Waals surface area (Å²) in [6.45, 7) is 6.70. The molecule has 19 heavy (non-hydrogen) atoms. The first kappa shape index (κ1) is 15.2. The minimum Gasteiger partial charge on any atom is -0.444 e. The maximum absolute atomic E-state index is 11.6. The fraction of sp³-hybridized carbons (Fsp3) is 0.417. The van der Waals surface area contributed by atoms with Crippen LogP contribution in [-0.4, -0.2) is 16.6 Å². The van der Waals surface area contributed by atoms with Gasteiger partial charge in [-0.3, -0.25) is 15.4 Å². The summed E-state index contributed by atoms with van der Waals surface area (Å²) in [6, 6.07) is 2.67. The Bertz CT molecular complexity index is 523. The van der Waals surface area contributed by atoms with Gasteiger partial charge in [0.1, 0.15) is 5.60 Å². The average Bonchev–Trinajstić information content (AvgIpc) is 2.19. The highest BCUT2D eigenvalue weighted by Crippen LogP contribution is 2.30. The first-order valence-corrected chi connectivity index (χ1v) is 5.92. The molecule has 0 fully saturated rings. The highest BCUT2D eigenvalue weighted by Gasteiger charge is 2.20. The van der Waals surface area contributed by atoms with Crippen LogP contribution in [0.5, 0.6) is 0 Å². The van der Waals surface area contributed by atoms with Crippen LogP contribution >= 0.6 is 11.6 Å². The molecule has 1 aromatic carbocycles. The Morgan fingerprint density at radius 1 is 1.42 bits per heavy atom. The lowest BCUT2D eigenvalue weighted by molar-refractivity contribution is -0.385. The zero-order valence-corrected chi connectivity index (χ0v) is 11.9. The summed E-state index contributed by atoms with van der Waals surface area (Å²) in [5.41, 5.74) is -0.227. The predicted octanol–water partition coefficient (Wildman–Crippen LogP) is 3.90. The molecule has 0 atom stereocenters. The Morgan fingerprint density at radius 2 is 2.00 bits per heavy atom. The van der Waals surface area contributed by atoms with Crippen molar-refractivity contribution in [3.05, 3.63) is 32.8 Å². The van der Waals surface area contributed by atoms with Gasteiger partial charge < -0.3 is 4.74 Å². The number of benzene rings is 1. The third-order valence-corrected chi connectivity index (χ3v) is 2.40. The lowest BCUT2D eigenvalue weighted by Gasteiger charge is -2.20. The van der Waals surface area contributed by atoms with Crippen molar-refractivity contribution in [1.82, 2.24) is 0 Å². The molecule has 0 heterocycles. The Hall–Kier alpha value is -1.82. The van der Waals surface area contributed by atoms with Crippen LogP contribution in [0.4, 0.5) is 16.2 Å². The molecule has 0 bridgehead atoms. The van der Waals surface area contributed by atoms with Crippen LogP contribution in [-0.2, 0) is 4.74 Å². The molecule has 0 aliphatic rings. The molecule has 0 unspecified atom stereocenters. The SMILES string of the molecule is Cc1c(NC(=O)OC(C)(C)C)cc(Cl)cc1[N+](=O)[O-].